The van der Waals surface area contributed by atoms with Gasteiger partial charge >= 0.3 is 0 Å². The second-order valence-electron chi connectivity index (χ2n) is 3.74. The van der Waals surface area contributed by atoms with Crippen LogP contribution in [0.25, 0.3) is 0 Å². The third-order valence-electron chi connectivity index (χ3n) is 2.50. The number of hydrogen-bond acceptors (Lipinski definition) is 3. The van der Waals surface area contributed by atoms with Gasteiger partial charge in [0.15, 0.2) is 5.78 Å². The number of rotatable bonds is 3. The molecule has 1 heterocycles. The van der Waals surface area contributed by atoms with E-state index in [1.165, 1.54) is 23.1 Å². The third kappa shape index (κ3) is 2.27. The standard InChI is InChI=1S/C12H12FNO3/c1-2-17-11-5-8(13)3-4-10(11)14-7-9(15)6-12(14)16/h3-5H,2,6-7H2,1H3. The van der Waals surface area contributed by atoms with Crippen molar-refractivity contribution in [1.29, 1.82) is 0 Å². The van der Waals surface area contributed by atoms with Gasteiger partial charge in [0, 0.05) is 6.07 Å². The maximum Gasteiger partial charge on any atom is 0.235 e. The molecule has 4 nitrogen and oxygen atoms in total. The van der Waals surface area contributed by atoms with Crippen molar-refractivity contribution in [2.45, 2.75) is 13.3 Å². The van der Waals surface area contributed by atoms with Gasteiger partial charge in [-0.05, 0) is 19.1 Å². The van der Waals surface area contributed by atoms with Gasteiger partial charge in [-0.25, -0.2) is 4.39 Å². The van der Waals surface area contributed by atoms with Gasteiger partial charge in [-0.3, -0.25) is 9.59 Å². The van der Waals surface area contributed by atoms with Crippen LogP contribution in [0.2, 0.25) is 0 Å². The fourth-order valence-electron chi connectivity index (χ4n) is 1.79. The predicted octanol–water partition coefficient (Wildman–Crippen LogP) is 1.53. The van der Waals surface area contributed by atoms with Crippen molar-refractivity contribution < 1.29 is 18.7 Å². The summed E-state index contributed by atoms with van der Waals surface area (Å²) in [5, 5.41) is 0. The van der Waals surface area contributed by atoms with Crippen LogP contribution in [0, 0.1) is 5.82 Å². The summed E-state index contributed by atoms with van der Waals surface area (Å²) in [5.41, 5.74) is 0.448. The monoisotopic (exact) mass is 237 g/mol. The third-order valence-corrected chi connectivity index (χ3v) is 2.50. The topological polar surface area (TPSA) is 46.6 Å². The molecule has 0 aromatic heterocycles. The summed E-state index contributed by atoms with van der Waals surface area (Å²) in [6.45, 7) is 2.17. The summed E-state index contributed by atoms with van der Waals surface area (Å²) in [6.07, 6.45) is -0.0943. The lowest BCUT2D eigenvalue weighted by Crippen LogP contribution is -2.25. The number of halogens is 1. The summed E-state index contributed by atoms with van der Waals surface area (Å²) in [7, 11) is 0. The Hall–Kier alpha value is -1.91. The zero-order valence-corrected chi connectivity index (χ0v) is 9.40. The van der Waals surface area contributed by atoms with Crippen LogP contribution in [0.5, 0.6) is 5.75 Å². The van der Waals surface area contributed by atoms with E-state index in [1.807, 2.05) is 0 Å². The highest BCUT2D eigenvalue weighted by atomic mass is 19.1. The Morgan fingerprint density at radius 2 is 2.18 bits per heavy atom. The molecule has 0 bridgehead atoms. The minimum absolute atomic E-state index is 0.0323. The number of hydrogen-bond donors (Lipinski definition) is 0. The lowest BCUT2D eigenvalue weighted by molar-refractivity contribution is -0.121. The fraction of sp³-hybridized carbons (Fsp3) is 0.333. The molecule has 17 heavy (non-hydrogen) atoms. The maximum absolute atomic E-state index is 13.1. The molecule has 0 unspecified atom stereocenters. The first-order valence-electron chi connectivity index (χ1n) is 5.36. The van der Waals surface area contributed by atoms with Crippen molar-refractivity contribution in [2.24, 2.45) is 0 Å². The van der Waals surface area contributed by atoms with Crippen LogP contribution < -0.4 is 9.64 Å². The summed E-state index contributed by atoms with van der Waals surface area (Å²) >= 11 is 0. The Morgan fingerprint density at radius 3 is 2.76 bits per heavy atom. The van der Waals surface area contributed by atoms with Crippen LogP contribution >= 0.6 is 0 Å². The van der Waals surface area contributed by atoms with Gasteiger partial charge in [-0.1, -0.05) is 0 Å². The zero-order valence-electron chi connectivity index (χ0n) is 9.40. The van der Waals surface area contributed by atoms with Gasteiger partial charge in [-0.2, -0.15) is 0 Å². The number of carbonyl (C=O) groups is 2. The van der Waals surface area contributed by atoms with Crippen LogP contribution in [0.4, 0.5) is 10.1 Å². The number of ether oxygens (including phenoxy) is 1. The van der Waals surface area contributed by atoms with Crippen LogP contribution in [-0.2, 0) is 9.59 Å². The van der Waals surface area contributed by atoms with E-state index in [0.717, 1.165) is 0 Å². The molecule has 1 aliphatic rings. The average molecular weight is 237 g/mol. The molecule has 2 rings (SSSR count). The molecule has 1 aromatic carbocycles. The molecular weight excluding hydrogens is 225 g/mol. The van der Waals surface area contributed by atoms with Crippen LogP contribution in [0.1, 0.15) is 13.3 Å². The molecule has 0 saturated carbocycles. The number of benzene rings is 1. The summed E-state index contributed by atoms with van der Waals surface area (Å²) in [5.74, 6) is -0.560. The minimum Gasteiger partial charge on any atom is -0.492 e. The number of carbonyl (C=O) groups excluding carboxylic acids is 2. The normalized spacial score (nSPS) is 15.5. The van der Waals surface area contributed by atoms with E-state index in [1.54, 1.807) is 6.92 Å². The first-order valence-corrected chi connectivity index (χ1v) is 5.36. The SMILES string of the molecule is CCOc1cc(F)ccc1N1CC(=O)CC1=O. The highest BCUT2D eigenvalue weighted by Gasteiger charge is 2.30. The Kier molecular flexibility index (Phi) is 3.08. The largest absolute Gasteiger partial charge is 0.492 e. The molecule has 1 saturated heterocycles. The van der Waals surface area contributed by atoms with E-state index in [2.05, 4.69) is 0 Å². The van der Waals surface area contributed by atoms with E-state index in [-0.39, 0.29) is 30.4 Å². The number of anilines is 1. The van der Waals surface area contributed by atoms with Crippen molar-refractivity contribution in [1.82, 2.24) is 0 Å². The van der Waals surface area contributed by atoms with Gasteiger partial charge in [0.25, 0.3) is 0 Å². The van der Waals surface area contributed by atoms with Crippen molar-refractivity contribution >= 4 is 17.4 Å². The Morgan fingerprint density at radius 1 is 1.41 bits per heavy atom. The van der Waals surface area contributed by atoms with E-state index in [4.69, 9.17) is 4.74 Å². The average Bonchev–Trinajstić information content (AvgIpc) is 2.59. The van der Waals surface area contributed by atoms with Crippen molar-refractivity contribution in [3.05, 3.63) is 24.0 Å². The van der Waals surface area contributed by atoms with Gasteiger partial charge in [0.2, 0.25) is 5.91 Å². The van der Waals surface area contributed by atoms with Gasteiger partial charge in [-0.15, -0.1) is 0 Å². The Bertz CT molecular complexity index is 473. The van der Waals surface area contributed by atoms with Gasteiger partial charge in [0.05, 0.1) is 25.3 Å². The highest BCUT2D eigenvalue weighted by molar-refractivity contribution is 6.15. The molecule has 0 atom stereocenters. The maximum atomic E-state index is 13.1. The second kappa shape index (κ2) is 4.53. The van der Waals surface area contributed by atoms with Crippen molar-refractivity contribution in [3.63, 3.8) is 0 Å². The zero-order chi connectivity index (χ0) is 12.4. The second-order valence-corrected chi connectivity index (χ2v) is 3.74. The smallest absolute Gasteiger partial charge is 0.235 e. The van der Waals surface area contributed by atoms with E-state index in [9.17, 15) is 14.0 Å². The molecule has 0 N–H and O–H groups in total. The Labute approximate surface area is 98.0 Å². The first kappa shape index (κ1) is 11.6. The molecule has 90 valence electrons. The highest BCUT2D eigenvalue weighted by Crippen LogP contribution is 2.31. The summed E-state index contributed by atoms with van der Waals surface area (Å²) < 4.78 is 18.3. The van der Waals surface area contributed by atoms with E-state index < -0.39 is 5.82 Å². The van der Waals surface area contributed by atoms with Crippen molar-refractivity contribution in [3.8, 4) is 5.75 Å². The quantitative estimate of drug-likeness (QED) is 0.749. The predicted molar refractivity (Wildman–Crippen MR) is 59.5 cm³/mol. The molecule has 1 aromatic rings. The van der Waals surface area contributed by atoms with E-state index in [0.29, 0.717) is 12.3 Å². The lowest BCUT2D eigenvalue weighted by Gasteiger charge is -2.18. The van der Waals surface area contributed by atoms with E-state index >= 15 is 0 Å². The molecule has 1 fully saturated rings. The molecule has 1 amide bonds. The number of ketones is 1. The summed E-state index contributed by atoms with van der Waals surface area (Å²) in [6, 6.07) is 3.92. The molecular formula is C12H12FNO3. The van der Waals surface area contributed by atoms with Gasteiger partial charge in [0.1, 0.15) is 11.6 Å². The molecule has 1 aliphatic heterocycles. The lowest BCUT2D eigenvalue weighted by atomic mass is 10.2. The van der Waals surface area contributed by atoms with Gasteiger partial charge < -0.3 is 9.64 Å². The van der Waals surface area contributed by atoms with Crippen LogP contribution in [0.3, 0.4) is 0 Å². The van der Waals surface area contributed by atoms with Crippen LogP contribution in [-0.4, -0.2) is 24.8 Å². The number of nitrogens with zero attached hydrogens (tertiary/aromatic N) is 1. The minimum atomic E-state index is -0.435. The summed E-state index contributed by atoms with van der Waals surface area (Å²) in [4.78, 5) is 24.1. The first-order chi connectivity index (χ1) is 8.11. The van der Waals surface area contributed by atoms with Crippen molar-refractivity contribution in [2.75, 3.05) is 18.1 Å². The number of amides is 1. The van der Waals surface area contributed by atoms with Crippen LogP contribution in [0.15, 0.2) is 18.2 Å². The number of Topliss-reactive ketones (excluding diaryl/α,β-unsaturated/α-hetero) is 1. The fourth-order valence-corrected chi connectivity index (χ4v) is 1.79. The Balaban J connectivity index is 2.37. The molecule has 0 aliphatic carbocycles. The molecule has 0 spiro atoms. The molecule has 0 radical (unpaired) electrons. The molecule has 5 heteroatoms.